The maximum Gasteiger partial charge on any atom is 0.124 e. The molecule has 0 aliphatic rings. The van der Waals surface area contributed by atoms with Gasteiger partial charge in [-0.15, -0.1) is 11.3 Å². The van der Waals surface area contributed by atoms with Gasteiger partial charge in [0.2, 0.25) is 0 Å². The van der Waals surface area contributed by atoms with Crippen LogP contribution in [0.5, 0.6) is 5.75 Å². The fraction of sp³-hybridized carbons (Fsp3) is 0.333. The highest BCUT2D eigenvalue weighted by Gasteiger charge is 2.10. The minimum Gasteiger partial charge on any atom is -0.488 e. The number of hydrogen-bond donors (Lipinski definition) is 1. The lowest BCUT2D eigenvalue weighted by atomic mass is 10.1. The number of thiophene rings is 1. The summed E-state index contributed by atoms with van der Waals surface area (Å²) in [6, 6.07) is 8.40. The summed E-state index contributed by atoms with van der Waals surface area (Å²) in [6.07, 6.45) is 1.03. The van der Waals surface area contributed by atoms with Gasteiger partial charge in [0.05, 0.1) is 0 Å². The lowest BCUT2D eigenvalue weighted by Gasteiger charge is -2.13. The summed E-state index contributed by atoms with van der Waals surface area (Å²) in [4.78, 5) is 2.50. The molecule has 2 aromatic rings. The molecule has 0 aliphatic carbocycles. The first-order valence-electron chi connectivity index (χ1n) is 6.35. The predicted molar refractivity (Wildman–Crippen MR) is 77.0 cm³/mol. The number of nitrogens with two attached hydrogens (primary N) is 1. The minimum absolute atomic E-state index is 0.250. The van der Waals surface area contributed by atoms with Gasteiger partial charge >= 0.3 is 0 Å². The molecule has 2 nitrogen and oxygen atoms in total. The molecule has 1 aromatic heterocycles. The van der Waals surface area contributed by atoms with E-state index in [1.54, 1.807) is 17.4 Å². The van der Waals surface area contributed by atoms with Crippen LogP contribution in [0.15, 0.2) is 30.3 Å². The molecule has 1 heterocycles. The van der Waals surface area contributed by atoms with E-state index in [-0.39, 0.29) is 11.9 Å². The van der Waals surface area contributed by atoms with Gasteiger partial charge in [0.1, 0.15) is 18.2 Å². The zero-order valence-electron chi connectivity index (χ0n) is 11.2. The molecule has 4 heteroatoms. The highest BCUT2D eigenvalue weighted by Crippen LogP contribution is 2.26. The Bertz CT molecular complexity index is 551. The van der Waals surface area contributed by atoms with Crippen LogP contribution in [-0.4, -0.2) is 0 Å². The third-order valence-corrected chi connectivity index (χ3v) is 4.10. The van der Waals surface area contributed by atoms with Gasteiger partial charge in [-0.3, -0.25) is 0 Å². The summed E-state index contributed by atoms with van der Waals surface area (Å²) in [7, 11) is 0. The van der Waals surface area contributed by atoms with Crippen LogP contribution in [0.25, 0.3) is 0 Å². The van der Waals surface area contributed by atoms with Crippen molar-refractivity contribution in [2.24, 2.45) is 5.73 Å². The maximum atomic E-state index is 13.2. The van der Waals surface area contributed by atoms with Crippen molar-refractivity contribution in [3.63, 3.8) is 0 Å². The lowest BCUT2D eigenvalue weighted by molar-refractivity contribution is 0.304. The molecule has 102 valence electrons. The molecule has 0 radical (unpaired) electrons. The van der Waals surface area contributed by atoms with Crippen LogP contribution < -0.4 is 10.5 Å². The molecule has 0 aliphatic heterocycles. The quantitative estimate of drug-likeness (QED) is 0.896. The molecule has 19 heavy (non-hydrogen) atoms. The van der Waals surface area contributed by atoms with E-state index in [1.807, 2.05) is 6.92 Å². The zero-order chi connectivity index (χ0) is 13.8. The van der Waals surface area contributed by atoms with E-state index >= 15 is 0 Å². The number of halogens is 1. The first kappa shape index (κ1) is 14.0. The van der Waals surface area contributed by atoms with Crippen molar-refractivity contribution >= 4 is 11.3 Å². The third kappa shape index (κ3) is 3.55. The highest BCUT2D eigenvalue weighted by atomic mass is 32.1. The van der Waals surface area contributed by atoms with Crippen LogP contribution in [0.2, 0.25) is 0 Å². The standard InChI is InChI=1S/C15H18FNOS/c1-3-12-5-6-13(19-12)9-18-15-7-4-11(16)8-14(15)10(2)17/h4-8,10H,3,9,17H2,1-2H3/t10-/m0/s1. The average molecular weight is 279 g/mol. The number of benzene rings is 1. The van der Waals surface area contributed by atoms with Crippen LogP contribution in [0.1, 0.15) is 35.2 Å². The SMILES string of the molecule is CCc1ccc(COc2ccc(F)cc2[C@H](C)N)s1. The molecule has 0 bridgehead atoms. The van der Waals surface area contributed by atoms with E-state index in [9.17, 15) is 4.39 Å². The summed E-state index contributed by atoms with van der Waals surface area (Å²) >= 11 is 1.74. The van der Waals surface area contributed by atoms with Crippen molar-refractivity contribution in [3.05, 3.63) is 51.5 Å². The van der Waals surface area contributed by atoms with Crippen LogP contribution in [-0.2, 0) is 13.0 Å². The summed E-state index contributed by atoms with van der Waals surface area (Å²) in [5, 5.41) is 0. The molecule has 0 amide bonds. The van der Waals surface area contributed by atoms with E-state index in [2.05, 4.69) is 19.1 Å². The van der Waals surface area contributed by atoms with Gasteiger partial charge in [0, 0.05) is 21.4 Å². The van der Waals surface area contributed by atoms with Gasteiger partial charge in [0.15, 0.2) is 0 Å². The predicted octanol–water partition coefficient (Wildman–Crippen LogP) is 4.05. The van der Waals surface area contributed by atoms with E-state index in [0.717, 1.165) is 11.3 Å². The average Bonchev–Trinajstić information content (AvgIpc) is 2.85. The summed E-state index contributed by atoms with van der Waals surface area (Å²) in [5.41, 5.74) is 6.54. The van der Waals surface area contributed by atoms with E-state index in [0.29, 0.717) is 17.9 Å². The van der Waals surface area contributed by atoms with E-state index < -0.39 is 0 Å². The van der Waals surface area contributed by atoms with Crippen molar-refractivity contribution in [3.8, 4) is 5.75 Å². The van der Waals surface area contributed by atoms with Gasteiger partial charge in [-0.1, -0.05) is 6.92 Å². The zero-order valence-corrected chi connectivity index (χ0v) is 12.0. The van der Waals surface area contributed by atoms with Gasteiger partial charge in [-0.2, -0.15) is 0 Å². The Hall–Kier alpha value is -1.39. The van der Waals surface area contributed by atoms with Crippen molar-refractivity contribution in [1.29, 1.82) is 0 Å². The molecular weight excluding hydrogens is 261 g/mol. The molecule has 2 N–H and O–H groups in total. The Morgan fingerprint density at radius 2 is 2.00 bits per heavy atom. The van der Waals surface area contributed by atoms with Crippen molar-refractivity contribution in [2.45, 2.75) is 32.9 Å². The van der Waals surface area contributed by atoms with Crippen LogP contribution in [0.3, 0.4) is 0 Å². The Balaban J connectivity index is 2.10. The molecule has 0 saturated heterocycles. The fourth-order valence-electron chi connectivity index (χ4n) is 1.85. The molecule has 1 atom stereocenters. The van der Waals surface area contributed by atoms with Crippen LogP contribution in [0, 0.1) is 5.82 Å². The summed E-state index contributed by atoms with van der Waals surface area (Å²) in [5.74, 6) is 0.367. The van der Waals surface area contributed by atoms with Gasteiger partial charge < -0.3 is 10.5 Å². The minimum atomic E-state index is -0.288. The van der Waals surface area contributed by atoms with Crippen LogP contribution in [0.4, 0.5) is 4.39 Å². The normalized spacial score (nSPS) is 12.4. The molecular formula is C15H18FNOS. The number of hydrogen-bond acceptors (Lipinski definition) is 3. The van der Waals surface area contributed by atoms with E-state index in [1.165, 1.54) is 17.0 Å². The smallest absolute Gasteiger partial charge is 0.124 e. The second kappa shape index (κ2) is 6.17. The van der Waals surface area contributed by atoms with Crippen LogP contribution >= 0.6 is 11.3 Å². The monoisotopic (exact) mass is 279 g/mol. The second-order valence-corrected chi connectivity index (χ2v) is 5.73. The molecule has 0 unspecified atom stereocenters. The molecule has 0 spiro atoms. The van der Waals surface area contributed by atoms with Gasteiger partial charge in [-0.05, 0) is 43.7 Å². The Morgan fingerprint density at radius 1 is 1.26 bits per heavy atom. The van der Waals surface area contributed by atoms with Crippen molar-refractivity contribution < 1.29 is 9.13 Å². The Kier molecular flexibility index (Phi) is 4.56. The number of aryl methyl sites for hydroxylation is 1. The topological polar surface area (TPSA) is 35.2 Å². The van der Waals surface area contributed by atoms with Crippen molar-refractivity contribution in [2.75, 3.05) is 0 Å². The fourth-order valence-corrected chi connectivity index (χ4v) is 2.72. The first-order chi connectivity index (χ1) is 9.10. The highest BCUT2D eigenvalue weighted by molar-refractivity contribution is 7.11. The van der Waals surface area contributed by atoms with Gasteiger partial charge in [-0.25, -0.2) is 4.39 Å². The third-order valence-electron chi connectivity index (χ3n) is 2.90. The van der Waals surface area contributed by atoms with Crippen molar-refractivity contribution in [1.82, 2.24) is 0 Å². The lowest BCUT2D eigenvalue weighted by Crippen LogP contribution is -2.08. The first-order valence-corrected chi connectivity index (χ1v) is 7.17. The van der Waals surface area contributed by atoms with Gasteiger partial charge in [0.25, 0.3) is 0 Å². The molecule has 1 aromatic carbocycles. The van der Waals surface area contributed by atoms with E-state index in [4.69, 9.17) is 10.5 Å². The number of ether oxygens (including phenoxy) is 1. The largest absolute Gasteiger partial charge is 0.488 e. The summed E-state index contributed by atoms with van der Waals surface area (Å²) in [6.45, 7) is 4.45. The Labute approximate surface area is 117 Å². The molecule has 0 saturated carbocycles. The molecule has 2 rings (SSSR count). The number of rotatable bonds is 5. The molecule has 0 fully saturated rings. The second-order valence-electron chi connectivity index (χ2n) is 4.48. The Morgan fingerprint density at radius 3 is 2.63 bits per heavy atom. The summed E-state index contributed by atoms with van der Waals surface area (Å²) < 4.78 is 19.0. The maximum absolute atomic E-state index is 13.2.